The molecule has 9 aromatic carbocycles. The third-order valence-electron chi connectivity index (χ3n) is 13.8. The van der Waals surface area contributed by atoms with Crippen molar-refractivity contribution >= 4 is 43.6 Å². The van der Waals surface area contributed by atoms with Crippen molar-refractivity contribution in [3.8, 4) is 98.4 Å². The summed E-state index contributed by atoms with van der Waals surface area (Å²) >= 11 is 0. The van der Waals surface area contributed by atoms with Gasteiger partial charge in [0.1, 0.15) is 0 Å². The molecule has 0 aliphatic carbocycles. The first kappa shape index (κ1) is 48.8. The fourth-order valence-electron chi connectivity index (χ4n) is 10.6. The number of halogens is 6. The number of aromatic nitrogens is 2. The van der Waals surface area contributed by atoms with Crippen LogP contribution in [-0.2, 0) is 12.4 Å². The number of rotatable bonds is 6. The van der Waals surface area contributed by atoms with E-state index in [-0.39, 0.29) is 50.2 Å². The Hall–Kier alpha value is -11.4. The van der Waals surface area contributed by atoms with Crippen LogP contribution in [0.15, 0.2) is 164 Å². The van der Waals surface area contributed by atoms with Gasteiger partial charge in [-0.1, -0.05) is 72.8 Å². The van der Waals surface area contributed by atoms with Crippen molar-refractivity contribution in [2.24, 2.45) is 0 Å². The molecule has 0 fully saturated rings. The summed E-state index contributed by atoms with van der Waals surface area (Å²) in [6.07, 6.45) is -10.4. The molecular weight excluding hydrogens is 997 g/mol. The molecule has 0 radical (unpaired) electrons. The van der Waals surface area contributed by atoms with Crippen LogP contribution >= 0.6 is 0 Å². The van der Waals surface area contributed by atoms with Crippen molar-refractivity contribution in [2.45, 2.75) is 12.4 Å². The number of hydrogen-bond donors (Lipinski definition) is 0. The lowest BCUT2D eigenvalue weighted by Crippen LogP contribution is -2.14. The molecule has 2 aromatic heterocycles. The normalized spacial score (nSPS) is 11.4. The SMILES string of the molecule is N#Cc1cc(C#N)c(-c2ccc3c(c2)c2ccccc2n3-c2cc(C#N)ccc2-c2ccc(-c3c(C(F)(F)F)cccc3C(F)(F)F)cc2-n2c3ccccc3c3cc(-c4c(C#N)cc(C#N)cc4C#N)ccc32)c(C#N)c1. The summed E-state index contributed by atoms with van der Waals surface area (Å²) < 4.78 is 93.8. The van der Waals surface area contributed by atoms with Crippen LogP contribution < -0.4 is 0 Å². The molecule has 78 heavy (non-hydrogen) atoms. The van der Waals surface area contributed by atoms with Gasteiger partial charge in [-0.05, 0) is 108 Å². The quantitative estimate of drug-likeness (QED) is 0.149. The number of fused-ring (bicyclic) bond motifs is 6. The Morgan fingerprint density at radius 2 is 0.679 bits per heavy atom. The predicted molar refractivity (Wildman–Crippen MR) is 280 cm³/mol. The molecule has 0 saturated heterocycles. The Balaban J connectivity index is 1.24. The van der Waals surface area contributed by atoms with Crippen LogP contribution in [0.25, 0.3) is 99.5 Å². The maximum atomic E-state index is 15.0. The fraction of sp³-hybridized carbons (Fsp3) is 0.0317. The van der Waals surface area contributed by atoms with Gasteiger partial charge < -0.3 is 9.13 Å². The minimum absolute atomic E-state index is 0.0511. The molecule has 0 spiro atoms. The highest BCUT2D eigenvalue weighted by Gasteiger charge is 2.41. The molecular formula is C63H27F6N9. The largest absolute Gasteiger partial charge is 0.417 e. The lowest BCUT2D eigenvalue weighted by Gasteiger charge is -2.22. The van der Waals surface area contributed by atoms with Crippen molar-refractivity contribution in [2.75, 3.05) is 0 Å². The molecule has 0 aliphatic rings. The van der Waals surface area contributed by atoms with Crippen molar-refractivity contribution in [3.05, 3.63) is 214 Å². The van der Waals surface area contributed by atoms with Crippen molar-refractivity contribution in [3.63, 3.8) is 0 Å². The van der Waals surface area contributed by atoms with E-state index in [0.717, 1.165) is 0 Å². The second-order valence-corrected chi connectivity index (χ2v) is 18.0. The van der Waals surface area contributed by atoms with Gasteiger partial charge in [-0.3, -0.25) is 0 Å². The third kappa shape index (κ3) is 7.83. The van der Waals surface area contributed by atoms with Gasteiger partial charge in [0.2, 0.25) is 0 Å². The Bertz CT molecular complexity index is 4650. The topological polar surface area (TPSA) is 176 Å². The molecule has 0 N–H and O–H groups in total. The van der Waals surface area contributed by atoms with E-state index >= 15 is 26.3 Å². The third-order valence-corrected chi connectivity index (χ3v) is 13.8. The van der Waals surface area contributed by atoms with E-state index in [2.05, 4.69) is 30.3 Å². The minimum atomic E-state index is -5.22. The van der Waals surface area contributed by atoms with Crippen LogP contribution in [0.1, 0.15) is 50.1 Å². The lowest BCUT2D eigenvalue weighted by molar-refractivity contribution is -0.142. The van der Waals surface area contributed by atoms with Crippen molar-refractivity contribution < 1.29 is 26.3 Å². The van der Waals surface area contributed by atoms with Gasteiger partial charge in [0.15, 0.2) is 0 Å². The zero-order valence-electron chi connectivity index (χ0n) is 39.9. The first-order chi connectivity index (χ1) is 37.6. The molecule has 11 rings (SSSR count). The molecule has 2 heterocycles. The number of alkyl halides is 6. The molecule has 0 atom stereocenters. The van der Waals surface area contributed by atoms with Gasteiger partial charge in [-0.2, -0.15) is 63.2 Å². The average Bonchev–Trinajstić information content (AvgIpc) is 4.20. The van der Waals surface area contributed by atoms with E-state index in [0.29, 0.717) is 95.3 Å². The highest BCUT2D eigenvalue weighted by molar-refractivity contribution is 6.13. The van der Waals surface area contributed by atoms with E-state index < -0.39 is 34.6 Å². The standard InChI is InChI=1S/C63H27F6N9/c64-62(65,66)51-8-5-9-52(63(67,68)69)61(51)40-13-17-48(58(27-40)78-54-11-4-2-7-46(54)50-26-39(15-19-56(50)78)60-43(33-75)22-37(30-72)23-44(60)34-76)47-16-12-35(28-70)24-57(47)77-53-10-3-1-6-45(53)49-25-38(14-18-55(49)77)59-41(31-73)20-36(29-71)21-42(59)32-74/h1-27H. The summed E-state index contributed by atoms with van der Waals surface area (Å²) in [5.41, 5.74) is 0.988. The molecule has 0 aliphatic heterocycles. The molecule has 0 unspecified atom stereocenters. The Labute approximate surface area is 438 Å². The highest BCUT2D eigenvalue weighted by atomic mass is 19.4. The van der Waals surface area contributed by atoms with Crippen LogP contribution in [0, 0.1) is 79.3 Å². The second-order valence-electron chi connectivity index (χ2n) is 18.0. The Morgan fingerprint density at radius 1 is 0.308 bits per heavy atom. The maximum absolute atomic E-state index is 15.0. The summed E-state index contributed by atoms with van der Waals surface area (Å²) in [4.78, 5) is 0. The van der Waals surface area contributed by atoms with Crippen LogP contribution in [0.4, 0.5) is 26.3 Å². The van der Waals surface area contributed by atoms with Gasteiger partial charge in [-0.25, -0.2) is 0 Å². The minimum Gasteiger partial charge on any atom is -0.309 e. The number of nitriles is 7. The van der Waals surface area contributed by atoms with Crippen LogP contribution in [-0.4, -0.2) is 9.13 Å². The molecule has 0 saturated carbocycles. The molecule has 15 heteroatoms. The summed E-state index contributed by atoms with van der Waals surface area (Å²) in [5.74, 6) is 0. The van der Waals surface area contributed by atoms with Gasteiger partial charge in [0.05, 0.1) is 126 Å². The summed E-state index contributed by atoms with van der Waals surface area (Å²) in [6, 6.07) is 55.5. The number of para-hydroxylation sites is 2. The lowest BCUT2D eigenvalue weighted by atomic mass is 9.90. The van der Waals surface area contributed by atoms with Crippen LogP contribution in [0.3, 0.4) is 0 Å². The predicted octanol–water partition coefficient (Wildman–Crippen LogP) is 15.7. The fourth-order valence-corrected chi connectivity index (χ4v) is 10.6. The number of benzene rings is 9. The van der Waals surface area contributed by atoms with E-state index in [9.17, 15) is 36.8 Å². The monoisotopic (exact) mass is 1020 g/mol. The number of hydrogen-bond acceptors (Lipinski definition) is 7. The number of nitrogens with zero attached hydrogens (tertiary/aromatic N) is 9. The zero-order valence-corrected chi connectivity index (χ0v) is 39.9. The van der Waals surface area contributed by atoms with E-state index in [1.54, 1.807) is 83.4 Å². The molecule has 9 nitrogen and oxygen atoms in total. The van der Waals surface area contributed by atoms with Crippen molar-refractivity contribution in [1.82, 2.24) is 9.13 Å². The first-order valence-corrected chi connectivity index (χ1v) is 23.5. The second kappa shape index (κ2) is 18.5. The average molecular weight is 1020 g/mol. The maximum Gasteiger partial charge on any atom is 0.417 e. The van der Waals surface area contributed by atoms with Gasteiger partial charge in [-0.15, -0.1) is 0 Å². The molecule has 0 amide bonds. The smallest absolute Gasteiger partial charge is 0.309 e. The first-order valence-electron chi connectivity index (χ1n) is 23.5. The highest BCUT2D eigenvalue weighted by Crippen LogP contribution is 2.48. The zero-order chi connectivity index (χ0) is 54.8. The van der Waals surface area contributed by atoms with Gasteiger partial charge in [0, 0.05) is 49.4 Å². The van der Waals surface area contributed by atoms with E-state index in [4.69, 9.17) is 0 Å². The molecule has 0 bridgehead atoms. The molecule has 11 aromatic rings. The Morgan fingerprint density at radius 3 is 1.09 bits per heavy atom. The van der Waals surface area contributed by atoms with Crippen LogP contribution in [0.5, 0.6) is 0 Å². The van der Waals surface area contributed by atoms with E-state index in [1.807, 2.05) is 41.0 Å². The van der Waals surface area contributed by atoms with E-state index in [1.165, 1.54) is 42.5 Å². The molecule has 366 valence electrons. The summed E-state index contributed by atoms with van der Waals surface area (Å²) in [5, 5.41) is 73.2. The summed E-state index contributed by atoms with van der Waals surface area (Å²) in [7, 11) is 0. The van der Waals surface area contributed by atoms with Gasteiger partial charge in [0.25, 0.3) is 0 Å². The van der Waals surface area contributed by atoms with Crippen molar-refractivity contribution in [1.29, 1.82) is 36.8 Å². The van der Waals surface area contributed by atoms with Gasteiger partial charge >= 0.3 is 12.4 Å². The Kier molecular flexibility index (Phi) is 11.6. The summed E-state index contributed by atoms with van der Waals surface area (Å²) in [6.45, 7) is 0. The van der Waals surface area contributed by atoms with Crippen LogP contribution in [0.2, 0.25) is 0 Å².